The van der Waals surface area contributed by atoms with Crippen LogP contribution >= 0.6 is 0 Å². The van der Waals surface area contributed by atoms with Crippen LogP contribution in [0.15, 0.2) is 176 Å². The Kier molecular flexibility index (Phi) is 16.4. The van der Waals surface area contributed by atoms with Crippen molar-refractivity contribution in [2.75, 3.05) is 0 Å². The van der Waals surface area contributed by atoms with Gasteiger partial charge in [-0.2, -0.15) is 124 Å². The Bertz CT molecular complexity index is 5160. The minimum Gasteiger partial charge on any atom is -0.308 e. The molecule has 10 aromatic carbocycles. The van der Waals surface area contributed by atoms with Gasteiger partial charge in [0.05, 0.1) is 83.5 Å². The fourth-order valence-corrected chi connectivity index (χ4v) is 12.4. The summed E-state index contributed by atoms with van der Waals surface area (Å²) in [6, 6.07) is 18.5. The first-order valence-electron chi connectivity index (χ1n) is 28.7. The molecule has 12 aromatic rings. The lowest BCUT2D eigenvalue weighted by atomic mass is 9.90. The quantitative estimate of drug-likeness (QED) is 0.146. The number of nitriles is 1. The van der Waals surface area contributed by atoms with Gasteiger partial charge < -0.3 is 9.13 Å². The number of alkyl halides is 27. The molecule has 0 amide bonds. The van der Waals surface area contributed by atoms with Gasteiger partial charge in [-0.25, -0.2) is 0 Å². The van der Waals surface area contributed by atoms with E-state index in [0.717, 1.165) is 71.3 Å². The van der Waals surface area contributed by atoms with Crippen LogP contribution in [0.4, 0.5) is 119 Å². The second kappa shape index (κ2) is 23.5. The van der Waals surface area contributed by atoms with Gasteiger partial charge in [-0.05, 0) is 166 Å². The summed E-state index contributed by atoms with van der Waals surface area (Å²) >= 11 is 0. The number of rotatable bonds is 7. The van der Waals surface area contributed by atoms with Crippen LogP contribution in [0, 0.1) is 18.3 Å². The van der Waals surface area contributed by atoms with E-state index < -0.39 is 184 Å². The van der Waals surface area contributed by atoms with Gasteiger partial charge in [-0.15, -0.1) is 0 Å². The highest BCUT2D eigenvalue weighted by Gasteiger charge is 2.45. The van der Waals surface area contributed by atoms with Gasteiger partial charge in [-0.3, -0.25) is 0 Å². The molecule has 2 aromatic heterocycles. The number of benzene rings is 10. The zero-order valence-corrected chi connectivity index (χ0v) is 49.8. The summed E-state index contributed by atoms with van der Waals surface area (Å²) in [7, 11) is 0. The predicted octanol–water partition coefficient (Wildman–Crippen LogP) is 25.6. The lowest BCUT2D eigenvalue weighted by Gasteiger charge is -2.24. The van der Waals surface area contributed by atoms with Crippen molar-refractivity contribution in [2.24, 2.45) is 0 Å². The van der Waals surface area contributed by atoms with Gasteiger partial charge in [0.15, 0.2) is 0 Å². The second-order valence-corrected chi connectivity index (χ2v) is 23.3. The van der Waals surface area contributed by atoms with E-state index >= 15 is 26.3 Å². The number of hydrogen-bond donors (Lipinski definition) is 0. The molecular formula is C71H32F27N3. The molecule has 30 heteroatoms. The highest BCUT2D eigenvalue weighted by Crippen LogP contribution is 2.52. The molecule has 0 saturated carbocycles. The minimum absolute atomic E-state index is 0.0102. The molecule has 520 valence electrons. The molecule has 0 saturated heterocycles. The monoisotopic (exact) mass is 1440 g/mol. The van der Waals surface area contributed by atoms with Crippen molar-refractivity contribution in [3.8, 4) is 73.1 Å². The molecule has 2 heterocycles. The molecule has 0 atom stereocenters. The van der Waals surface area contributed by atoms with Gasteiger partial charge in [0.25, 0.3) is 0 Å². The van der Waals surface area contributed by atoms with Crippen molar-refractivity contribution < 1.29 is 119 Å². The lowest BCUT2D eigenvalue weighted by molar-refractivity contribution is -0.144. The third-order valence-electron chi connectivity index (χ3n) is 16.7. The van der Waals surface area contributed by atoms with Crippen LogP contribution in [-0.4, -0.2) is 9.13 Å². The van der Waals surface area contributed by atoms with Crippen LogP contribution in [0.5, 0.6) is 0 Å². The van der Waals surface area contributed by atoms with Crippen LogP contribution in [0.1, 0.15) is 61.2 Å². The number of hydrogen-bond acceptors (Lipinski definition) is 1. The summed E-state index contributed by atoms with van der Waals surface area (Å²) in [5, 5.41) is 11.1. The van der Waals surface area contributed by atoms with Gasteiger partial charge in [0.2, 0.25) is 0 Å². The van der Waals surface area contributed by atoms with E-state index in [0.29, 0.717) is 41.0 Å². The Morgan fingerprint density at radius 3 is 0.832 bits per heavy atom. The lowest BCUT2D eigenvalue weighted by Crippen LogP contribution is -2.16. The first-order chi connectivity index (χ1) is 46.6. The average Bonchev–Trinajstić information content (AvgIpc) is 1.61. The van der Waals surface area contributed by atoms with E-state index in [4.69, 9.17) is 0 Å². The van der Waals surface area contributed by atoms with E-state index in [1.807, 2.05) is 0 Å². The number of aryl methyl sites for hydroxylation is 1. The molecule has 0 aliphatic rings. The van der Waals surface area contributed by atoms with Crippen molar-refractivity contribution in [2.45, 2.75) is 62.5 Å². The maximum absolute atomic E-state index is 15.8. The van der Waals surface area contributed by atoms with E-state index in [1.165, 1.54) is 25.1 Å². The summed E-state index contributed by atoms with van der Waals surface area (Å²) in [6.07, 6.45) is -49.9. The maximum atomic E-state index is 15.8. The SMILES string of the molecule is Cc1cc(-c2ccc3c4ccc(-c5cc(C(F)(F)F)cc(C(F)(F)F)c5)cc4n(-c4ccc(-c5c(C(F)(F)F)cccc5C(F)(F)F)c(-n5c6cc(-c7cc(C(F)(F)F)cc(C(F)(F)F)c7)ccc6c6ccc(-c7cc(C(F)(F)F)cc(C(F)(F)F)c7)cc65)c4C#N)c3c2)cc(C(F)(F)F)c1. The fraction of sp³-hybridized carbons (Fsp3) is 0.141. The third kappa shape index (κ3) is 13.1. The van der Waals surface area contributed by atoms with Crippen molar-refractivity contribution in [1.29, 1.82) is 5.26 Å². The van der Waals surface area contributed by atoms with Crippen molar-refractivity contribution >= 4 is 43.6 Å². The summed E-state index contributed by atoms with van der Waals surface area (Å²) in [5.74, 6) is 0. The van der Waals surface area contributed by atoms with Gasteiger partial charge in [0, 0.05) is 32.7 Å². The Balaban J connectivity index is 1.31. The topological polar surface area (TPSA) is 33.6 Å². The maximum Gasteiger partial charge on any atom is 0.417 e. The summed E-state index contributed by atoms with van der Waals surface area (Å²) in [4.78, 5) is 0. The number of aromatic nitrogens is 2. The Hall–Kier alpha value is -10.6. The average molecular weight is 1440 g/mol. The van der Waals surface area contributed by atoms with Crippen LogP contribution in [0.2, 0.25) is 0 Å². The molecule has 0 bridgehead atoms. The normalized spacial score (nSPS) is 13.3. The molecule has 0 N–H and O–H groups in total. The van der Waals surface area contributed by atoms with Crippen molar-refractivity contribution in [3.63, 3.8) is 0 Å². The molecule has 0 spiro atoms. The van der Waals surface area contributed by atoms with Crippen LogP contribution in [0.25, 0.3) is 111 Å². The van der Waals surface area contributed by atoms with Crippen LogP contribution in [0.3, 0.4) is 0 Å². The molecule has 101 heavy (non-hydrogen) atoms. The number of nitrogens with zero attached hydrogens (tertiary/aromatic N) is 3. The van der Waals surface area contributed by atoms with E-state index in [9.17, 15) is 97.5 Å². The van der Waals surface area contributed by atoms with Crippen LogP contribution in [-0.2, 0) is 55.6 Å². The van der Waals surface area contributed by atoms with E-state index in [2.05, 4.69) is 0 Å². The Labute approximate surface area is 547 Å². The fourth-order valence-electron chi connectivity index (χ4n) is 12.4. The largest absolute Gasteiger partial charge is 0.417 e. The second-order valence-electron chi connectivity index (χ2n) is 23.3. The molecule has 0 aliphatic heterocycles. The zero-order valence-electron chi connectivity index (χ0n) is 49.8. The standard InChI is InChI=1S/C71H32F27N3/c1-32-15-37(17-41(16-32)63(72,73)74)33-5-9-48-49-10-6-34(38-18-42(64(75,76)77)28-43(19-38)65(78,79)80)25-58(49)100(57(48)24-33)56-14-13-52(61-54(70(93,94)95)3-2-4-55(61)71(96,97)98)62(53(56)31-99)101-59-26-35(39-20-44(66(81,82)83)29-45(21-39)67(84,85)86)7-11-50(59)51-12-8-36(27-60(51)101)40-22-46(68(87,88)89)30-47(23-40)69(90,91)92/h2-30H,1H3. The highest BCUT2D eigenvalue weighted by atomic mass is 19.4. The first kappa shape index (κ1) is 70.3. The van der Waals surface area contributed by atoms with Gasteiger partial charge in [0.1, 0.15) is 11.6 Å². The van der Waals surface area contributed by atoms with Crippen LogP contribution < -0.4 is 0 Å². The molecule has 0 fully saturated rings. The van der Waals surface area contributed by atoms with Crippen molar-refractivity contribution in [1.82, 2.24) is 9.13 Å². The molecule has 3 nitrogen and oxygen atoms in total. The first-order valence-corrected chi connectivity index (χ1v) is 28.7. The Morgan fingerprint density at radius 2 is 0.554 bits per heavy atom. The molecule has 0 unspecified atom stereocenters. The number of fused-ring (bicyclic) bond motifs is 6. The zero-order chi connectivity index (χ0) is 73.8. The molecule has 0 radical (unpaired) electrons. The summed E-state index contributed by atoms with van der Waals surface area (Å²) < 4.78 is 401. The minimum atomic E-state index is -5.86. The Morgan fingerprint density at radius 1 is 0.277 bits per heavy atom. The molecule has 12 rings (SSSR count). The summed E-state index contributed by atoms with van der Waals surface area (Å²) in [5.41, 5.74) is -30.6. The predicted molar refractivity (Wildman–Crippen MR) is 317 cm³/mol. The summed E-state index contributed by atoms with van der Waals surface area (Å²) in [6.45, 7) is 1.26. The van der Waals surface area contributed by atoms with E-state index in [1.54, 1.807) is 6.07 Å². The number of halogens is 27. The van der Waals surface area contributed by atoms with Crippen molar-refractivity contribution in [3.05, 3.63) is 237 Å². The van der Waals surface area contributed by atoms with E-state index in [-0.39, 0.29) is 98.3 Å². The third-order valence-corrected chi connectivity index (χ3v) is 16.7. The van der Waals surface area contributed by atoms with Gasteiger partial charge >= 0.3 is 55.6 Å². The molecular weight excluding hydrogens is 1410 g/mol. The molecule has 0 aliphatic carbocycles. The van der Waals surface area contributed by atoms with Gasteiger partial charge in [-0.1, -0.05) is 66.7 Å². The highest BCUT2D eigenvalue weighted by molar-refractivity contribution is 6.14. The smallest absolute Gasteiger partial charge is 0.308 e.